The third-order valence-electron chi connectivity index (χ3n) is 6.62. The van der Waals surface area contributed by atoms with E-state index in [1.54, 1.807) is 0 Å². The maximum atomic E-state index is 13.0. The van der Waals surface area contributed by atoms with E-state index in [2.05, 4.69) is 21.7 Å². The van der Waals surface area contributed by atoms with Gasteiger partial charge in [0.05, 0.1) is 31.2 Å². The second-order valence-corrected chi connectivity index (χ2v) is 9.49. The van der Waals surface area contributed by atoms with Crippen LogP contribution in [0.5, 0.6) is 0 Å². The Labute approximate surface area is 196 Å². The van der Waals surface area contributed by atoms with Crippen molar-refractivity contribution in [1.29, 1.82) is 0 Å². The fourth-order valence-corrected chi connectivity index (χ4v) is 5.53. The zero-order valence-electron chi connectivity index (χ0n) is 18.8. The summed E-state index contributed by atoms with van der Waals surface area (Å²) in [6.45, 7) is 8.49. The molecule has 0 spiro atoms. The largest absolute Gasteiger partial charge is 0.378 e. The number of aromatic amines is 1. The summed E-state index contributed by atoms with van der Waals surface area (Å²) >= 11 is 1.51. The van der Waals surface area contributed by atoms with Crippen molar-refractivity contribution in [1.82, 2.24) is 24.7 Å². The molecule has 2 aromatic heterocycles. The highest BCUT2D eigenvalue weighted by atomic mass is 32.1. The lowest BCUT2D eigenvalue weighted by atomic mass is 10.1. The van der Waals surface area contributed by atoms with Crippen molar-refractivity contribution < 1.29 is 9.53 Å². The van der Waals surface area contributed by atoms with Gasteiger partial charge in [0.25, 0.3) is 5.56 Å². The molecular formula is C24H29N5O3S. The van der Waals surface area contributed by atoms with Gasteiger partial charge in [-0.3, -0.25) is 19.4 Å². The molecule has 33 heavy (non-hydrogen) atoms. The molecule has 3 aromatic rings. The standard InChI is InChI=1S/C24H29N5O3S/c1-17(28-9-7-27(8-10-28)15-20(30)29-11-13-32-14-12-29)22-25-23(31)21-19(16-33-24(21)26-22)18-5-3-2-4-6-18/h2-6,16-17H,7-15H2,1H3,(H,25,26,31). The number of carbonyl (C=O) groups is 1. The lowest BCUT2D eigenvalue weighted by Crippen LogP contribution is -2.52. The second kappa shape index (κ2) is 9.72. The van der Waals surface area contributed by atoms with Crippen LogP contribution in [-0.4, -0.2) is 89.6 Å². The molecule has 1 atom stereocenters. The number of hydrogen-bond donors (Lipinski definition) is 1. The lowest BCUT2D eigenvalue weighted by Gasteiger charge is -2.38. The van der Waals surface area contributed by atoms with E-state index in [1.165, 1.54) is 11.3 Å². The summed E-state index contributed by atoms with van der Waals surface area (Å²) in [5.41, 5.74) is 1.87. The number of morpholine rings is 1. The first-order valence-electron chi connectivity index (χ1n) is 11.5. The van der Waals surface area contributed by atoms with Crippen LogP contribution in [0.4, 0.5) is 0 Å². The van der Waals surface area contributed by atoms with Gasteiger partial charge in [0.15, 0.2) is 0 Å². The third-order valence-corrected chi connectivity index (χ3v) is 7.49. The molecule has 0 bridgehead atoms. The zero-order valence-corrected chi connectivity index (χ0v) is 19.6. The Morgan fingerprint density at radius 3 is 2.58 bits per heavy atom. The van der Waals surface area contributed by atoms with Crippen molar-refractivity contribution in [2.45, 2.75) is 13.0 Å². The van der Waals surface area contributed by atoms with Crippen LogP contribution < -0.4 is 5.56 Å². The Balaban J connectivity index is 1.25. The van der Waals surface area contributed by atoms with Crippen molar-refractivity contribution in [2.24, 2.45) is 0 Å². The first-order valence-corrected chi connectivity index (χ1v) is 12.4. The molecule has 5 rings (SSSR count). The van der Waals surface area contributed by atoms with Gasteiger partial charge in [0, 0.05) is 50.2 Å². The highest BCUT2D eigenvalue weighted by Crippen LogP contribution is 2.31. The van der Waals surface area contributed by atoms with E-state index in [0.29, 0.717) is 44.1 Å². The number of nitrogens with one attached hydrogen (secondary N) is 1. The molecule has 2 aliphatic rings. The maximum absolute atomic E-state index is 13.0. The Morgan fingerprint density at radius 2 is 1.85 bits per heavy atom. The molecule has 1 N–H and O–H groups in total. The van der Waals surface area contributed by atoms with Gasteiger partial charge in [-0.2, -0.15) is 0 Å². The van der Waals surface area contributed by atoms with Crippen LogP contribution in [0, 0.1) is 0 Å². The fourth-order valence-electron chi connectivity index (χ4n) is 4.58. The Kier molecular flexibility index (Phi) is 6.55. The number of benzene rings is 1. The summed E-state index contributed by atoms with van der Waals surface area (Å²) in [4.78, 5) is 40.6. The van der Waals surface area contributed by atoms with E-state index in [-0.39, 0.29) is 17.5 Å². The minimum absolute atomic E-state index is 0.00136. The SMILES string of the molecule is CC(c1nc2scc(-c3ccccc3)c2c(=O)[nH]1)N1CCN(CC(=O)N2CCOCC2)CC1. The van der Waals surface area contributed by atoms with Gasteiger partial charge in [0.2, 0.25) is 5.91 Å². The van der Waals surface area contributed by atoms with E-state index in [1.807, 2.05) is 40.6 Å². The van der Waals surface area contributed by atoms with Crippen LogP contribution in [0.1, 0.15) is 18.8 Å². The average molecular weight is 468 g/mol. The van der Waals surface area contributed by atoms with E-state index in [0.717, 1.165) is 42.1 Å². The van der Waals surface area contributed by atoms with Crippen molar-refractivity contribution in [3.63, 3.8) is 0 Å². The Morgan fingerprint density at radius 1 is 1.12 bits per heavy atom. The molecule has 2 saturated heterocycles. The summed E-state index contributed by atoms with van der Waals surface area (Å²) in [6, 6.07) is 9.96. The topological polar surface area (TPSA) is 81.8 Å². The molecule has 1 aromatic carbocycles. The molecule has 0 radical (unpaired) electrons. The molecule has 0 saturated carbocycles. The fraction of sp³-hybridized carbons (Fsp3) is 0.458. The summed E-state index contributed by atoms with van der Waals surface area (Å²) in [5, 5.41) is 2.68. The number of carbonyl (C=O) groups excluding carboxylic acids is 1. The first kappa shape index (κ1) is 22.2. The number of rotatable bonds is 5. The molecule has 2 aliphatic heterocycles. The molecule has 1 unspecified atom stereocenters. The zero-order chi connectivity index (χ0) is 22.8. The highest BCUT2D eigenvalue weighted by Gasteiger charge is 2.27. The highest BCUT2D eigenvalue weighted by molar-refractivity contribution is 7.17. The van der Waals surface area contributed by atoms with Gasteiger partial charge in [-0.25, -0.2) is 4.98 Å². The number of H-pyrrole nitrogens is 1. The Hall–Kier alpha value is -2.59. The molecule has 8 nitrogen and oxygen atoms in total. The van der Waals surface area contributed by atoms with Gasteiger partial charge < -0.3 is 14.6 Å². The number of aromatic nitrogens is 2. The van der Waals surface area contributed by atoms with Crippen LogP contribution in [-0.2, 0) is 9.53 Å². The van der Waals surface area contributed by atoms with Gasteiger partial charge in [-0.05, 0) is 12.5 Å². The predicted octanol–water partition coefficient (Wildman–Crippen LogP) is 2.19. The predicted molar refractivity (Wildman–Crippen MR) is 130 cm³/mol. The third kappa shape index (κ3) is 4.72. The van der Waals surface area contributed by atoms with Crippen molar-refractivity contribution in [3.8, 4) is 11.1 Å². The lowest BCUT2D eigenvalue weighted by molar-refractivity contribution is -0.137. The minimum Gasteiger partial charge on any atom is -0.378 e. The van der Waals surface area contributed by atoms with E-state index >= 15 is 0 Å². The van der Waals surface area contributed by atoms with E-state index in [4.69, 9.17) is 9.72 Å². The van der Waals surface area contributed by atoms with Gasteiger partial charge in [-0.15, -0.1) is 11.3 Å². The molecule has 4 heterocycles. The van der Waals surface area contributed by atoms with Gasteiger partial charge in [-0.1, -0.05) is 30.3 Å². The van der Waals surface area contributed by atoms with Crippen LogP contribution in [0.15, 0.2) is 40.5 Å². The first-order chi connectivity index (χ1) is 16.1. The van der Waals surface area contributed by atoms with E-state index < -0.39 is 0 Å². The minimum atomic E-state index is -0.0864. The number of ether oxygens (including phenoxy) is 1. The quantitative estimate of drug-likeness (QED) is 0.620. The summed E-state index contributed by atoms with van der Waals surface area (Å²) in [6.07, 6.45) is 0. The molecule has 9 heteroatoms. The Bertz CT molecular complexity index is 1160. The van der Waals surface area contributed by atoms with Crippen LogP contribution in [0.2, 0.25) is 0 Å². The summed E-state index contributed by atoms with van der Waals surface area (Å²) < 4.78 is 5.34. The van der Waals surface area contributed by atoms with Crippen LogP contribution in [0.3, 0.4) is 0 Å². The van der Waals surface area contributed by atoms with E-state index in [9.17, 15) is 9.59 Å². The van der Waals surface area contributed by atoms with Crippen molar-refractivity contribution >= 4 is 27.5 Å². The number of thiophene rings is 1. The van der Waals surface area contributed by atoms with Crippen molar-refractivity contribution in [3.05, 3.63) is 51.9 Å². The number of hydrogen-bond acceptors (Lipinski definition) is 7. The number of piperazine rings is 1. The second-order valence-electron chi connectivity index (χ2n) is 8.63. The summed E-state index contributed by atoms with van der Waals surface area (Å²) in [5.74, 6) is 0.884. The van der Waals surface area contributed by atoms with Crippen LogP contribution in [0.25, 0.3) is 21.3 Å². The molecule has 2 fully saturated rings. The monoisotopic (exact) mass is 467 g/mol. The molecule has 0 aliphatic carbocycles. The van der Waals surface area contributed by atoms with Gasteiger partial charge in [0.1, 0.15) is 10.7 Å². The van der Waals surface area contributed by atoms with Crippen LogP contribution >= 0.6 is 11.3 Å². The normalized spacial score (nSPS) is 19.1. The smallest absolute Gasteiger partial charge is 0.260 e. The number of amides is 1. The summed E-state index contributed by atoms with van der Waals surface area (Å²) in [7, 11) is 0. The number of fused-ring (bicyclic) bond motifs is 1. The molecule has 1 amide bonds. The maximum Gasteiger partial charge on any atom is 0.260 e. The average Bonchev–Trinajstić information content (AvgIpc) is 3.30. The van der Waals surface area contributed by atoms with Gasteiger partial charge >= 0.3 is 0 Å². The molecular weight excluding hydrogens is 438 g/mol. The number of nitrogens with zero attached hydrogens (tertiary/aromatic N) is 4. The molecule has 174 valence electrons. The van der Waals surface area contributed by atoms with Crippen molar-refractivity contribution in [2.75, 3.05) is 59.0 Å².